The molecule has 100 valence electrons. The van der Waals surface area contributed by atoms with Crippen LogP contribution in [0.3, 0.4) is 0 Å². The zero-order valence-corrected chi connectivity index (χ0v) is 11.0. The SMILES string of the molecule is CC(C)(C)c1cc(NC(=O)C2COCC2N)n[nH]1. The van der Waals surface area contributed by atoms with Gasteiger partial charge in [0.2, 0.25) is 5.91 Å². The van der Waals surface area contributed by atoms with E-state index in [1.54, 1.807) is 0 Å². The maximum atomic E-state index is 12.0. The fourth-order valence-electron chi connectivity index (χ4n) is 1.83. The van der Waals surface area contributed by atoms with Crippen molar-refractivity contribution in [3.05, 3.63) is 11.8 Å². The molecule has 2 atom stereocenters. The third kappa shape index (κ3) is 2.70. The lowest BCUT2D eigenvalue weighted by Gasteiger charge is -2.14. The number of nitrogens with zero attached hydrogens (tertiary/aromatic N) is 1. The predicted molar refractivity (Wildman–Crippen MR) is 68.2 cm³/mol. The summed E-state index contributed by atoms with van der Waals surface area (Å²) < 4.78 is 5.17. The van der Waals surface area contributed by atoms with E-state index < -0.39 is 0 Å². The summed E-state index contributed by atoms with van der Waals surface area (Å²) in [5.41, 5.74) is 6.75. The fourth-order valence-corrected chi connectivity index (χ4v) is 1.83. The van der Waals surface area contributed by atoms with Gasteiger partial charge < -0.3 is 15.8 Å². The molecule has 0 bridgehead atoms. The Morgan fingerprint density at radius 1 is 1.56 bits per heavy atom. The smallest absolute Gasteiger partial charge is 0.232 e. The maximum absolute atomic E-state index is 12.0. The van der Waals surface area contributed by atoms with Gasteiger partial charge in [0.25, 0.3) is 0 Å². The Kier molecular flexibility index (Phi) is 3.41. The highest BCUT2D eigenvalue weighted by Gasteiger charge is 2.31. The van der Waals surface area contributed by atoms with Crippen LogP contribution in [0.1, 0.15) is 26.5 Å². The molecule has 2 heterocycles. The maximum Gasteiger partial charge on any atom is 0.232 e. The Balaban J connectivity index is 2.01. The van der Waals surface area contributed by atoms with Crippen LogP contribution in [0.4, 0.5) is 5.82 Å². The number of nitrogens with two attached hydrogens (primary N) is 1. The first-order valence-corrected chi connectivity index (χ1v) is 6.08. The minimum atomic E-state index is -0.292. The Hall–Kier alpha value is -1.40. The molecule has 1 saturated heterocycles. The van der Waals surface area contributed by atoms with Crippen molar-refractivity contribution < 1.29 is 9.53 Å². The number of H-pyrrole nitrogens is 1. The van der Waals surface area contributed by atoms with E-state index in [9.17, 15) is 4.79 Å². The largest absolute Gasteiger partial charge is 0.379 e. The first-order chi connectivity index (χ1) is 8.38. The van der Waals surface area contributed by atoms with Crippen LogP contribution >= 0.6 is 0 Å². The molecule has 0 aromatic carbocycles. The van der Waals surface area contributed by atoms with Crippen molar-refractivity contribution in [2.75, 3.05) is 18.5 Å². The summed E-state index contributed by atoms with van der Waals surface area (Å²) in [5, 5.41) is 9.77. The molecule has 0 aliphatic carbocycles. The Labute approximate surface area is 106 Å². The van der Waals surface area contributed by atoms with Crippen LogP contribution in [-0.4, -0.2) is 35.4 Å². The summed E-state index contributed by atoms with van der Waals surface area (Å²) in [6, 6.07) is 1.62. The van der Waals surface area contributed by atoms with Crippen LogP contribution in [0.2, 0.25) is 0 Å². The van der Waals surface area contributed by atoms with E-state index in [4.69, 9.17) is 10.5 Å². The standard InChI is InChI=1S/C12H20N4O2/c1-12(2,3)9-4-10(16-15-9)14-11(17)7-5-18-6-8(7)13/h4,7-8H,5-6,13H2,1-3H3,(H2,14,15,16,17). The van der Waals surface area contributed by atoms with E-state index in [2.05, 4.69) is 36.3 Å². The highest BCUT2D eigenvalue weighted by molar-refractivity contribution is 5.92. The lowest BCUT2D eigenvalue weighted by atomic mass is 9.92. The van der Waals surface area contributed by atoms with Crippen LogP contribution < -0.4 is 11.1 Å². The number of aromatic amines is 1. The van der Waals surface area contributed by atoms with E-state index in [0.717, 1.165) is 5.69 Å². The second-order valence-electron chi connectivity index (χ2n) is 5.71. The second-order valence-corrected chi connectivity index (χ2v) is 5.71. The van der Waals surface area contributed by atoms with Crippen molar-refractivity contribution in [1.29, 1.82) is 0 Å². The number of carbonyl (C=O) groups is 1. The average molecular weight is 252 g/mol. The monoisotopic (exact) mass is 252 g/mol. The van der Waals surface area contributed by atoms with Crippen LogP contribution in [0.25, 0.3) is 0 Å². The molecule has 0 saturated carbocycles. The zero-order chi connectivity index (χ0) is 13.3. The number of nitrogens with one attached hydrogen (secondary N) is 2. The number of hydrogen-bond acceptors (Lipinski definition) is 4. The van der Waals surface area contributed by atoms with E-state index in [1.165, 1.54) is 0 Å². The van der Waals surface area contributed by atoms with Crippen LogP contribution in [0, 0.1) is 5.92 Å². The number of aromatic nitrogens is 2. The highest BCUT2D eigenvalue weighted by atomic mass is 16.5. The summed E-state index contributed by atoms with van der Waals surface area (Å²) >= 11 is 0. The van der Waals surface area contributed by atoms with Gasteiger partial charge in [-0.25, -0.2) is 0 Å². The molecule has 1 fully saturated rings. The first kappa shape index (κ1) is 13.0. The summed E-state index contributed by atoms with van der Waals surface area (Å²) in [7, 11) is 0. The molecule has 1 aromatic heterocycles. The molecule has 6 nitrogen and oxygen atoms in total. The van der Waals surface area contributed by atoms with Crippen molar-refractivity contribution in [2.24, 2.45) is 11.7 Å². The molecule has 0 spiro atoms. The van der Waals surface area contributed by atoms with Crippen molar-refractivity contribution in [1.82, 2.24) is 10.2 Å². The fraction of sp³-hybridized carbons (Fsp3) is 0.667. The van der Waals surface area contributed by atoms with Crippen LogP contribution in [-0.2, 0) is 14.9 Å². The quantitative estimate of drug-likeness (QED) is 0.719. The lowest BCUT2D eigenvalue weighted by molar-refractivity contribution is -0.120. The Morgan fingerprint density at radius 2 is 2.28 bits per heavy atom. The summed E-state index contributed by atoms with van der Waals surface area (Å²) in [5.74, 6) is 0.107. The zero-order valence-electron chi connectivity index (χ0n) is 11.0. The number of rotatable bonds is 2. The molecule has 0 radical (unpaired) electrons. The average Bonchev–Trinajstić information content (AvgIpc) is 2.85. The predicted octanol–water partition coefficient (Wildman–Crippen LogP) is 0.619. The Morgan fingerprint density at radius 3 is 2.78 bits per heavy atom. The summed E-state index contributed by atoms with van der Waals surface area (Å²) in [6.07, 6.45) is 0. The van der Waals surface area contributed by atoms with E-state index in [1.807, 2.05) is 6.07 Å². The van der Waals surface area contributed by atoms with Gasteiger partial charge in [0.15, 0.2) is 5.82 Å². The topological polar surface area (TPSA) is 93.0 Å². The number of carbonyl (C=O) groups excluding carboxylic acids is 1. The number of ether oxygens (including phenoxy) is 1. The van der Waals surface area contributed by atoms with Gasteiger partial charge in [0.1, 0.15) is 0 Å². The van der Waals surface area contributed by atoms with Crippen molar-refractivity contribution in [3.63, 3.8) is 0 Å². The van der Waals surface area contributed by atoms with E-state index >= 15 is 0 Å². The molecular formula is C12H20N4O2. The van der Waals surface area contributed by atoms with Gasteiger partial charge in [0, 0.05) is 23.2 Å². The van der Waals surface area contributed by atoms with Crippen molar-refractivity contribution >= 4 is 11.7 Å². The van der Waals surface area contributed by atoms with Crippen LogP contribution in [0.15, 0.2) is 6.07 Å². The molecule has 1 amide bonds. The van der Waals surface area contributed by atoms with Crippen molar-refractivity contribution in [2.45, 2.75) is 32.2 Å². The molecule has 2 rings (SSSR count). The molecule has 4 N–H and O–H groups in total. The Bertz CT molecular complexity index is 436. The second kappa shape index (κ2) is 4.70. The normalized spacial score (nSPS) is 24.2. The molecule has 6 heteroatoms. The highest BCUT2D eigenvalue weighted by Crippen LogP contribution is 2.22. The minimum Gasteiger partial charge on any atom is -0.379 e. The third-order valence-electron chi connectivity index (χ3n) is 3.10. The van der Waals surface area contributed by atoms with Gasteiger partial charge in [-0.3, -0.25) is 9.89 Å². The number of amides is 1. The first-order valence-electron chi connectivity index (χ1n) is 6.08. The van der Waals surface area contributed by atoms with Gasteiger partial charge >= 0.3 is 0 Å². The van der Waals surface area contributed by atoms with Gasteiger partial charge in [-0.1, -0.05) is 20.8 Å². The van der Waals surface area contributed by atoms with E-state index in [0.29, 0.717) is 19.0 Å². The molecule has 1 aromatic rings. The third-order valence-corrected chi connectivity index (χ3v) is 3.10. The van der Waals surface area contributed by atoms with Gasteiger partial charge in [0.05, 0.1) is 19.1 Å². The molecule has 2 unspecified atom stereocenters. The molecule has 1 aliphatic heterocycles. The number of anilines is 1. The minimum absolute atomic E-state index is 0.0250. The van der Waals surface area contributed by atoms with Crippen molar-refractivity contribution in [3.8, 4) is 0 Å². The van der Waals surface area contributed by atoms with Gasteiger partial charge in [-0.15, -0.1) is 0 Å². The van der Waals surface area contributed by atoms with Gasteiger partial charge in [-0.05, 0) is 0 Å². The molecule has 18 heavy (non-hydrogen) atoms. The lowest BCUT2D eigenvalue weighted by Crippen LogP contribution is -2.37. The summed E-state index contributed by atoms with van der Waals surface area (Å²) in [6.45, 7) is 7.04. The van der Waals surface area contributed by atoms with Crippen LogP contribution in [0.5, 0.6) is 0 Å². The number of hydrogen-bond donors (Lipinski definition) is 3. The van der Waals surface area contributed by atoms with E-state index in [-0.39, 0.29) is 23.3 Å². The van der Waals surface area contributed by atoms with Gasteiger partial charge in [-0.2, -0.15) is 5.10 Å². The summed E-state index contributed by atoms with van der Waals surface area (Å²) in [4.78, 5) is 12.0. The molecular weight excluding hydrogens is 232 g/mol. The molecule has 1 aliphatic rings.